The van der Waals surface area contributed by atoms with Crippen molar-refractivity contribution < 1.29 is 9.90 Å². The molecule has 2 rings (SSSR count). The van der Waals surface area contributed by atoms with Gasteiger partial charge in [-0.15, -0.1) is 0 Å². The van der Waals surface area contributed by atoms with E-state index in [0.717, 1.165) is 0 Å². The van der Waals surface area contributed by atoms with Gasteiger partial charge in [-0.25, -0.2) is 0 Å². The number of rotatable bonds is 1. The Kier molecular flexibility index (Phi) is 1.46. The molecule has 0 radical (unpaired) electrons. The molecule has 0 amide bonds. The summed E-state index contributed by atoms with van der Waals surface area (Å²) in [6.45, 7) is 4.33. The zero-order valence-corrected chi connectivity index (χ0v) is 7.45. The van der Waals surface area contributed by atoms with Gasteiger partial charge in [0.25, 0.3) is 0 Å². The van der Waals surface area contributed by atoms with Gasteiger partial charge in [0.15, 0.2) is 5.78 Å². The summed E-state index contributed by atoms with van der Waals surface area (Å²) in [4.78, 5) is 11.3. The molecule has 2 nitrogen and oxygen atoms in total. The van der Waals surface area contributed by atoms with Gasteiger partial charge in [-0.1, -0.05) is 19.9 Å². The second-order valence-corrected chi connectivity index (χ2v) is 4.42. The number of aliphatic hydroxyl groups excluding tert-OH is 1. The molecule has 2 heteroatoms. The van der Waals surface area contributed by atoms with Crippen LogP contribution in [0.25, 0.3) is 0 Å². The number of allylic oxidation sites excluding steroid dienone is 2. The first-order chi connectivity index (χ1) is 5.59. The topological polar surface area (TPSA) is 37.3 Å². The number of carbonyl (C=O) groups excluding carboxylic acids is 1. The molecule has 0 heterocycles. The number of hydrogen-bond acceptors (Lipinski definition) is 2. The van der Waals surface area contributed by atoms with Gasteiger partial charge in [-0.2, -0.15) is 0 Å². The summed E-state index contributed by atoms with van der Waals surface area (Å²) in [6.07, 6.45) is 3.63. The summed E-state index contributed by atoms with van der Waals surface area (Å²) in [5, 5.41) is 9.04. The molecule has 12 heavy (non-hydrogen) atoms. The Balaban J connectivity index is 2.26. The van der Waals surface area contributed by atoms with Gasteiger partial charge in [0.2, 0.25) is 0 Å². The summed E-state index contributed by atoms with van der Waals surface area (Å²) >= 11 is 0. The highest BCUT2D eigenvalue weighted by Gasteiger charge is 2.61. The van der Waals surface area contributed by atoms with Crippen molar-refractivity contribution in [3.05, 3.63) is 12.2 Å². The molecule has 1 fully saturated rings. The van der Waals surface area contributed by atoms with Crippen molar-refractivity contribution in [3.63, 3.8) is 0 Å². The Morgan fingerprint density at radius 2 is 2.25 bits per heavy atom. The van der Waals surface area contributed by atoms with Crippen molar-refractivity contribution in [2.75, 3.05) is 6.61 Å². The maximum Gasteiger partial charge on any atom is 0.161 e. The highest BCUT2D eigenvalue weighted by molar-refractivity contribution is 5.94. The molecule has 3 atom stereocenters. The molecule has 66 valence electrons. The highest BCUT2D eigenvalue weighted by atomic mass is 16.3. The predicted molar refractivity (Wildman–Crippen MR) is 45.5 cm³/mol. The predicted octanol–water partition coefficient (Wildman–Crippen LogP) is 1.01. The third-order valence-corrected chi connectivity index (χ3v) is 3.46. The summed E-state index contributed by atoms with van der Waals surface area (Å²) in [6, 6.07) is 0. The van der Waals surface area contributed by atoms with E-state index >= 15 is 0 Å². The SMILES string of the molecule is CC1(C)[C@H]2[C@H](CO)C(=O)C=C[C@H]21. The summed E-state index contributed by atoms with van der Waals surface area (Å²) in [5.41, 5.74) is 0.232. The van der Waals surface area contributed by atoms with Crippen molar-refractivity contribution in [3.8, 4) is 0 Å². The molecule has 1 N–H and O–H groups in total. The third-order valence-electron chi connectivity index (χ3n) is 3.46. The van der Waals surface area contributed by atoms with E-state index in [4.69, 9.17) is 5.11 Å². The lowest BCUT2D eigenvalue weighted by Gasteiger charge is -2.13. The van der Waals surface area contributed by atoms with Crippen LogP contribution >= 0.6 is 0 Å². The van der Waals surface area contributed by atoms with E-state index in [1.165, 1.54) is 0 Å². The van der Waals surface area contributed by atoms with E-state index in [9.17, 15) is 4.79 Å². The van der Waals surface area contributed by atoms with Gasteiger partial charge in [0.1, 0.15) is 0 Å². The Hall–Kier alpha value is -0.630. The van der Waals surface area contributed by atoms with E-state index in [-0.39, 0.29) is 23.7 Å². The average Bonchev–Trinajstić information content (AvgIpc) is 2.55. The van der Waals surface area contributed by atoms with E-state index in [2.05, 4.69) is 13.8 Å². The van der Waals surface area contributed by atoms with Gasteiger partial charge in [0.05, 0.1) is 6.61 Å². The number of fused-ring (bicyclic) bond motifs is 1. The summed E-state index contributed by atoms with van der Waals surface area (Å²) < 4.78 is 0. The molecule has 1 saturated carbocycles. The summed E-state index contributed by atoms with van der Waals surface area (Å²) in [7, 11) is 0. The number of hydrogen-bond donors (Lipinski definition) is 1. The lowest BCUT2D eigenvalue weighted by atomic mass is 9.92. The summed E-state index contributed by atoms with van der Waals surface area (Å²) in [5.74, 6) is 0.881. The number of aliphatic hydroxyl groups is 1. The van der Waals surface area contributed by atoms with Gasteiger partial charge < -0.3 is 5.11 Å². The van der Waals surface area contributed by atoms with Crippen LogP contribution in [0.15, 0.2) is 12.2 Å². The fraction of sp³-hybridized carbons (Fsp3) is 0.700. The minimum atomic E-state index is -0.130. The van der Waals surface area contributed by atoms with Gasteiger partial charge in [-0.05, 0) is 23.3 Å². The molecule has 0 spiro atoms. The third kappa shape index (κ3) is 0.816. The fourth-order valence-electron chi connectivity index (χ4n) is 2.56. The first kappa shape index (κ1) is 7.99. The standard InChI is InChI=1S/C10H14O2/c1-10(2)7-3-4-8(12)6(5-11)9(7)10/h3-4,6-7,9,11H,5H2,1-2H3/t6-,7-,9+/m1/s1. The maximum absolute atomic E-state index is 11.3. The second kappa shape index (κ2) is 2.19. The molecular formula is C10H14O2. The molecular weight excluding hydrogens is 152 g/mol. The van der Waals surface area contributed by atoms with Crippen molar-refractivity contribution >= 4 is 5.78 Å². The van der Waals surface area contributed by atoms with Gasteiger partial charge in [-0.3, -0.25) is 4.79 Å². The highest BCUT2D eigenvalue weighted by Crippen LogP contribution is 2.63. The molecule has 0 aromatic heterocycles. The molecule has 0 aromatic carbocycles. The normalized spacial score (nSPS) is 42.6. The maximum atomic E-state index is 11.3. The Morgan fingerprint density at radius 3 is 2.75 bits per heavy atom. The van der Waals surface area contributed by atoms with Crippen molar-refractivity contribution in [2.24, 2.45) is 23.2 Å². The van der Waals surface area contributed by atoms with Crippen LogP contribution in [0.5, 0.6) is 0 Å². The van der Waals surface area contributed by atoms with Crippen LogP contribution < -0.4 is 0 Å². The quantitative estimate of drug-likeness (QED) is 0.631. The number of carbonyl (C=O) groups is 1. The smallest absolute Gasteiger partial charge is 0.161 e. The van der Waals surface area contributed by atoms with E-state index in [1.54, 1.807) is 6.08 Å². The molecule has 0 saturated heterocycles. The number of ketones is 1. The van der Waals surface area contributed by atoms with Crippen LogP contribution in [-0.4, -0.2) is 17.5 Å². The molecule has 0 unspecified atom stereocenters. The molecule has 0 aromatic rings. The Bertz CT molecular complexity index is 253. The van der Waals surface area contributed by atoms with Crippen LogP contribution in [0.2, 0.25) is 0 Å². The lowest BCUT2D eigenvalue weighted by molar-refractivity contribution is -0.120. The largest absolute Gasteiger partial charge is 0.396 e. The van der Waals surface area contributed by atoms with E-state index < -0.39 is 0 Å². The molecule has 2 aliphatic carbocycles. The van der Waals surface area contributed by atoms with Crippen LogP contribution in [0.4, 0.5) is 0 Å². The first-order valence-electron chi connectivity index (χ1n) is 4.42. The minimum absolute atomic E-state index is 0.00771. The van der Waals surface area contributed by atoms with Crippen molar-refractivity contribution in [2.45, 2.75) is 13.8 Å². The van der Waals surface area contributed by atoms with Crippen LogP contribution in [-0.2, 0) is 4.79 Å². The van der Waals surface area contributed by atoms with Crippen molar-refractivity contribution in [1.82, 2.24) is 0 Å². The van der Waals surface area contributed by atoms with E-state index in [0.29, 0.717) is 11.8 Å². The molecule has 0 bridgehead atoms. The molecule has 0 aliphatic heterocycles. The van der Waals surface area contributed by atoms with Crippen LogP contribution in [0.1, 0.15) is 13.8 Å². The van der Waals surface area contributed by atoms with E-state index in [1.807, 2.05) is 6.08 Å². The minimum Gasteiger partial charge on any atom is -0.396 e. The monoisotopic (exact) mass is 166 g/mol. The van der Waals surface area contributed by atoms with Crippen molar-refractivity contribution in [1.29, 1.82) is 0 Å². The zero-order chi connectivity index (χ0) is 8.93. The van der Waals surface area contributed by atoms with Gasteiger partial charge in [0, 0.05) is 5.92 Å². The lowest BCUT2D eigenvalue weighted by Crippen LogP contribution is -2.22. The fourth-order valence-corrected chi connectivity index (χ4v) is 2.56. The second-order valence-electron chi connectivity index (χ2n) is 4.42. The Morgan fingerprint density at radius 1 is 1.58 bits per heavy atom. The average molecular weight is 166 g/mol. The first-order valence-corrected chi connectivity index (χ1v) is 4.42. The zero-order valence-electron chi connectivity index (χ0n) is 7.45. The van der Waals surface area contributed by atoms with Crippen LogP contribution in [0, 0.1) is 23.2 Å². The molecule has 2 aliphatic rings. The van der Waals surface area contributed by atoms with Gasteiger partial charge >= 0.3 is 0 Å². The Labute approximate surface area is 72.3 Å². The van der Waals surface area contributed by atoms with Crippen LogP contribution in [0.3, 0.4) is 0 Å².